The molecular weight excluding hydrogens is 152 g/mol. The summed E-state index contributed by atoms with van der Waals surface area (Å²) < 4.78 is 24.8. The van der Waals surface area contributed by atoms with Crippen LogP contribution in [0.25, 0.3) is 0 Å². The lowest BCUT2D eigenvalue weighted by Crippen LogP contribution is -2.36. The molecule has 0 aromatic heterocycles. The van der Waals surface area contributed by atoms with Crippen LogP contribution in [0.5, 0.6) is 0 Å². The molecule has 10 heavy (non-hydrogen) atoms. The molecule has 0 radical (unpaired) electrons. The first kappa shape index (κ1) is 9.43. The molecule has 0 atom stereocenters. The van der Waals surface area contributed by atoms with Crippen LogP contribution in [-0.2, 0) is 10.2 Å². The van der Waals surface area contributed by atoms with Crippen molar-refractivity contribution in [2.75, 3.05) is 20.6 Å². The highest BCUT2D eigenvalue weighted by Gasteiger charge is 2.11. The van der Waals surface area contributed by atoms with Crippen molar-refractivity contribution in [1.29, 1.82) is 0 Å². The van der Waals surface area contributed by atoms with E-state index in [1.165, 1.54) is 14.1 Å². The zero-order chi connectivity index (χ0) is 8.20. The van der Waals surface area contributed by atoms with E-state index in [4.69, 9.17) is 6.42 Å². The van der Waals surface area contributed by atoms with Crippen LogP contribution in [0.3, 0.4) is 0 Å². The Kier molecular flexibility index (Phi) is 3.36. The fourth-order valence-electron chi connectivity index (χ4n) is 0.369. The van der Waals surface area contributed by atoms with Crippen LogP contribution >= 0.6 is 0 Å². The molecular formula is C5H10N2O2S. The summed E-state index contributed by atoms with van der Waals surface area (Å²) in [6, 6.07) is 0. The molecule has 0 saturated heterocycles. The smallest absolute Gasteiger partial charge is 0.205 e. The van der Waals surface area contributed by atoms with Gasteiger partial charge in [0.1, 0.15) is 0 Å². The molecule has 4 nitrogen and oxygen atoms in total. The highest BCUT2D eigenvalue weighted by atomic mass is 32.2. The third-order valence-electron chi connectivity index (χ3n) is 0.982. The van der Waals surface area contributed by atoms with Gasteiger partial charge in [-0.3, -0.25) is 0 Å². The van der Waals surface area contributed by atoms with Crippen LogP contribution < -0.4 is 4.72 Å². The molecule has 0 bridgehead atoms. The van der Waals surface area contributed by atoms with E-state index in [0.29, 0.717) is 0 Å². The van der Waals surface area contributed by atoms with Gasteiger partial charge in [0.15, 0.2) is 0 Å². The van der Waals surface area contributed by atoms with Crippen molar-refractivity contribution in [3.05, 3.63) is 0 Å². The Bertz CT molecular complexity index is 227. The molecule has 0 aromatic carbocycles. The van der Waals surface area contributed by atoms with Crippen LogP contribution in [0.15, 0.2) is 0 Å². The first-order valence-electron chi connectivity index (χ1n) is 2.63. The fraction of sp³-hybridized carbons (Fsp3) is 0.600. The van der Waals surface area contributed by atoms with Crippen LogP contribution in [-0.4, -0.2) is 33.4 Å². The number of hydrogen-bond acceptors (Lipinski definition) is 2. The summed E-state index contributed by atoms with van der Waals surface area (Å²) in [7, 11) is -0.575. The summed E-state index contributed by atoms with van der Waals surface area (Å²) in [6.07, 6.45) is 4.90. The third-order valence-corrected chi connectivity index (χ3v) is 2.45. The number of rotatable bonds is 3. The third kappa shape index (κ3) is 2.35. The lowest BCUT2D eigenvalue weighted by Gasteiger charge is -2.11. The minimum atomic E-state index is -3.32. The molecule has 0 heterocycles. The summed E-state index contributed by atoms with van der Waals surface area (Å²) in [5.74, 6) is 2.21. The van der Waals surface area contributed by atoms with E-state index in [1.807, 2.05) is 0 Å². The molecule has 0 aliphatic carbocycles. The van der Waals surface area contributed by atoms with E-state index >= 15 is 0 Å². The van der Waals surface area contributed by atoms with Gasteiger partial charge in [0.25, 0.3) is 10.2 Å². The first-order valence-corrected chi connectivity index (χ1v) is 4.07. The number of nitrogens with one attached hydrogen (secondary N) is 1. The van der Waals surface area contributed by atoms with Crippen LogP contribution in [0.2, 0.25) is 0 Å². The predicted octanol–water partition coefficient (Wildman–Crippen LogP) is -0.984. The first-order chi connectivity index (χ1) is 4.54. The summed E-state index contributed by atoms with van der Waals surface area (Å²) >= 11 is 0. The Labute approximate surface area is 61.4 Å². The minimum absolute atomic E-state index is 0.0865. The van der Waals surface area contributed by atoms with E-state index < -0.39 is 10.2 Å². The summed E-state index contributed by atoms with van der Waals surface area (Å²) in [5, 5.41) is 0. The average molecular weight is 162 g/mol. The molecule has 0 saturated carbocycles. The van der Waals surface area contributed by atoms with Crippen molar-refractivity contribution in [2.24, 2.45) is 0 Å². The van der Waals surface area contributed by atoms with Gasteiger partial charge in [-0.25, -0.2) is 4.72 Å². The molecule has 5 heteroatoms. The zero-order valence-electron chi connectivity index (χ0n) is 5.96. The lowest BCUT2D eigenvalue weighted by molar-refractivity contribution is 0.494. The van der Waals surface area contributed by atoms with Gasteiger partial charge in [-0.2, -0.15) is 12.7 Å². The second-order valence-electron chi connectivity index (χ2n) is 1.67. The van der Waals surface area contributed by atoms with Crippen LogP contribution in [0.4, 0.5) is 0 Å². The summed E-state index contributed by atoms with van der Waals surface area (Å²) in [4.78, 5) is 0. The SMILES string of the molecule is C#CCN(C)S(=O)(=O)NC. The summed E-state index contributed by atoms with van der Waals surface area (Å²) in [5.41, 5.74) is 0. The molecule has 0 rings (SSSR count). The largest absolute Gasteiger partial charge is 0.279 e. The van der Waals surface area contributed by atoms with E-state index in [0.717, 1.165) is 4.31 Å². The maximum absolute atomic E-state index is 10.8. The van der Waals surface area contributed by atoms with Crippen molar-refractivity contribution >= 4 is 10.2 Å². The average Bonchev–Trinajstić information content (AvgIpc) is 1.89. The Balaban J connectivity index is 4.23. The van der Waals surface area contributed by atoms with Crippen LogP contribution in [0, 0.1) is 12.3 Å². The van der Waals surface area contributed by atoms with Crippen LogP contribution in [0.1, 0.15) is 0 Å². The van der Waals surface area contributed by atoms with Gasteiger partial charge in [0, 0.05) is 14.1 Å². The Morgan fingerprint density at radius 2 is 2.20 bits per heavy atom. The molecule has 1 N–H and O–H groups in total. The second kappa shape index (κ2) is 3.56. The Morgan fingerprint density at radius 3 is 2.50 bits per heavy atom. The van der Waals surface area contributed by atoms with Gasteiger partial charge in [-0.05, 0) is 0 Å². The van der Waals surface area contributed by atoms with Crippen molar-refractivity contribution in [1.82, 2.24) is 9.03 Å². The monoisotopic (exact) mass is 162 g/mol. The number of terminal acetylenes is 1. The van der Waals surface area contributed by atoms with Crippen molar-refractivity contribution in [3.63, 3.8) is 0 Å². The fourth-order valence-corrected chi connectivity index (χ4v) is 0.926. The maximum atomic E-state index is 10.8. The quantitative estimate of drug-likeness (QED) is 0.542. The van der Waals surface area contributed by atoms with E-state index in [1.54, 1.807) is 0 Å². The number of nitrogens with zero attached hydrogens (tertiary/aromatic N) is 1. The molecule has 0 amide bonds. The normalized spacial score (nSPS) is 11.4. The molecule has 0 aromatic rings. The van der Waals surface area contributed by atoms with Crippen molar-refractivity contribution in [3.8, 4) is 12.3 Å². The standard InChI is InChI=1S/C5H10N2O2S/c1-4-5-7(3)10(8,9)6-2/h1,6H,5H2,2-3H3. The number of hydrogen-bond donors (Lipinski definition) is 1. The Hall–Kier alpha value is -0.570. The van der Waals surface area contributed by atoms with Gasteiger partial charge >= 0.3 is 0 Å². The molecule has 0 fully saturated rings. The Morgan fingerprint density at radius 1 is 1.70 bits per heavy atom. The highest BCUT2D eigenvalue weighted by Crippen LogP contribution is 1.88. The van der Waals surface area contributed by atoms with E-state index in [9.17, 15) is 8.42 Å². The molecule has 0 unspecified atom stereocenters. The van der Waals surface area contributed by atoms with E-state index in [-0.39, 0.29) is 6.54 Å². The zero-order valence-corrected chi connectivity index (χ0v) is 6.77. The predicted molar refractivity (Wildman–Crippen MR) is 39.4 cm³/mol. The van der Waals surface area contributed by atoms with Gasteiger partial charge in [-0.15, -0.1) is 6.42 Å². The van der Waals surface area contributed by atoms with Gasteiger partial charge in [0.05, 0.1) is 6.54 Å². The highest BCUT2D eigenvalue weighted by molar-refractivity contribution is 7.87. The molecule has 0 spiro atoms. The van der Waals surface area contributed by atoms with Crippen molar-refractivity contribution in [2.45, 2.75) is 0 Å². The molecule has 58 valence electrons. The topological polar surface area (TPSA) is 49.4 Å². The molecule has 0 aliphatic heterocycles. The van der Waals surface area contributed by atoms with Gasteiger partial charge < -0.3 is 0 Å². The van der Waals surface area contributed by atoms with Gasteiger partial charge in [0.2, 0.25) is 0 Å². The molecule has 0 aliphatic rings. The second-order valence-corrected chi connectivity index (χ2v) is 3.65. The van der Waals surface area contributed by atoms with Gasteiger partial charge in [-0.1, -0.05) is 5.92 Å². The minimum Gasteiger partial charge on any atom is -0.205 e. The van der Waals surface area contributed by atoms with E-state index in [2.05, 4.69) is 10.6 Å². The van der Waals surface area contributed by atoms with Crippen molar-refractivity contribution < 1.29 is 8.42 Å². The lowest BCUT2D eigenvalue weighted by atomic mass is 10.7. The maximum Gasteiger partial charge on any atom is 0.279 e. The summed E-state index contributed by atoms with van der Waals surface area (Å²) in [6.45, 7) is 0.0865.